The fourth-order valence-electron chi connectivity index (χ4n) is 3.82. The van der Waals surface area contributed by atoms with Crippen LogP contribution in [0.1, 0.15) is 38.2 Å². The lowest BCUT2D eigenvalue weighted by Crippen LogP contribution is -2.35. The van der Waals surface area contributed by atoms with Crippen LogP contribution in [0.15, 0.2) is 42.7 Å². The van der Waals surface area contributed by atoms with Gasteiger partial charge in [-0.1, -0.05) is 30.3 Å². The van der Waals surface area contributed by atoms with E-state index < -0.39 is 0 Å². The molecule has 0 aliphatic carbocycles. The zero-order valence-corrected chi connectivity index (χ0v) is 17.9. The molecule has 1 aromatic carbocycles. The highest BCUT2D eigenvalue weighted by Crippen LogP contribution is 2.20. The average Bonchev–Trinajstić information content (AvgIpc) is 3.20. The summed E-state index contributed by atoms with van der Waals surface area (Å²) in [5.41, 5.74) is 2.12. The van der Waals surface area contributed by atoms with Gasteiger partial charge in [-0.25, -0.2) is 9.97 Å². The van der Waals surface area contributed by atoms with Gasteiger partial charge in [0.05, 0.1) is 17.2 Å². The first-order valence-electron chi connectivity index (χ1n) is 10.1. The fraction of sp³-hybridized carbons (Fsp3) is 0.409. The van der Waals surface area contributed by atoms with Gasteiger partial charge in [0, 0.05) is 45.1 Å². The van der Waals surface area contributed by atoms with Crippen molar-refractivity contribution in [2.24, 2.45) is 0 Å². The van der Waals surface area contributed by atoms with Crippen LogP contribution in [-0.4, -0.2) is 56.4 Å². The van der Waals surface area contributed by atoms with Gasteiger partial charge in [-0.15, -0.1) is 11.3 Å². The molecular formula is C22H27N5OS. The maximum Gasteiger partial charge on any atom is 0.265 e. The maximum atomic E-state index is 12.9. The lowest BCUT2D eigenvalue weighted by Gasteiger charge is -2.22. The molecule has 0 unspecified atom stereocenters. The van der Waals surface area contributed by atoms with Gasteiger partial charge >= 0.3 is 0 Å². The molecule has 0 radical (unpaired) electrons. The van der Waals surface area contributed by atoms with Crippen LogP contribution in [-0.2, 0) is 13.1 Å². The number of nitrogens with zero attached hydrogens (tertiary/aromatic N) is 5. The number of hydrogen-bond acceptors (Lipinski definition) is 5. The normalized spacial score (nSPS) is 15.4. The maximum absolute atomic E-state index is 12.9. The van der Waals surface area contributed by atoms with Crippen LogP contribution in [0.2, 0.25) is 0 Å². The Morgan fingerprint density at radius 3 is 2.66 bits per heavy atom. The zero-order chi connectivity index (χ0) is 20.2. The molecular weight excluding hydrogens is 382 g/mol. The Morgan fingerprint density at radius 1 is 1.07 bits per heavy atom. The highest BCUT2D eigenvalue weighted by atomic mass is 32.1. The van der Waals surface area contributed by atoms with Gasteiger partial charge in [-0.2, -0.15) is 0 Å². The summed E-state index contributed by atoms with van der Waals surface area (Å²) in [5.74, 6) is 1.20. The van der Waals surface area contributed by atoms with Crippen LogP contribution < -0.4 is 0 Å². The minimum absolute atomic E-state index is 0.125. The molecule has 1 amide bonds. The van der Waals surface area contributed by atoms with E-state index in [9.17, 15) is 4.79 Å². The molecule has 0 saturated carbocycles. The third-order valence-electron chi connectivity index (χ3n) is 5.34. The van der Waals surface area contributed by atoms with Crippen LogP contribution in [0.5, 0.6) is 0 Å². The molecule has 0 spiro atoms. The molecule has 0 N–H and O–H groups in total. The van der Waals surface area contributed by atoms with E-state index in [1.807, 2.05) is 37.2 Å². The molecule has 29 heavy (non-hydrogen) atoms. The Balaban J connectivity index is 1.38. The van der Waals surface area contributed by atoms with Crippen molar-refractivity contribution in [3.05, 3.63) is 69.7 Å². The second kappa shape index (κ2) is 8.88. The molecule has 3 aromatic rings. The predicted octanol–water partition coefficient (Wildman–Crippen LogP) is 3.35. The molecule has 6 nitrogen and oxygen atoms in total. The monoisotopic (exact) mass is 409 g/mol. The van der Waals surface area contributed by atoms with Crippen molar-refractivity contribution < 1.29 is 4.79 Å². The number of amides is 1. The van der Waals surface area contributed by atoms with Gasteiger partial charge in [-0.05, 0) is 25.8 Å². The Morgan fingerprint density at radius 2 is 1.90 bits per heavy atom. The third-order valence-corrected chi connectivity index (χ3v) is 6.40. The SMILES string of the molecule is Cc1nc(C)c(C(=O)N2CCCN(Cc3nccn3Cc3ccccc3)CC2)s1. The van der Waals surface area contributed by atoms with Gasteiger partial charge in [0.25, 0.3) is 5.91 Å². The summed E-state index contributed by atoms with van der Waals surface area (Å²) in [6.45, 7) is 8.89. The van der Waals surface area contributed by atoms with Crippen LogP contribution >= 0.6 is 11.3 Å². The summed E-state index contributed by atoms with van der Waals surface area (Å²) < 4.78 is 2.21. The van der Waals surface area contributed by atoms with Crippen LogP contribution in [0.3, 0.4) is 0 Å². The van der Waals surface area contributed by atoms with E-state index in [1.165, 1.54) is 16.9 Å². The van der Waals surface area contributed by atoms with Crippen LogP contribution in [0.4, 0.5) is 0 Å². The highest BCUT2D eigenvalue weighted by molar-refractivity contribution is 7.13. The molecule has 7 heteroatoms. The minimum atomic E-state index is 0.125. The summed E-state index contributed by atoms with van der Waals surface area (Å²) in [6.07, 6.45) is 4.90. The van der Waals surface area contributed by atoms with Crippen LogP contribution in [0.25, 0.3) is 0 Å². The van der Waals surface area contributed by atoms with Crippen molar-refractivity contribution in [1.29, 1.82) is 0 Å². The van der Waals surface area contributed by atoms with Gasteiger partial charge in [-0.3, -0.25) is 9.69 Å². The number of hydrogen-bond donors (Lipinski definition) is 0. The number of rotatable bonds is 5. The van der Waals surface area contributed by atoms with E-state index in [2.05, 4.69) is 43.7 Å². The molecule has 0 bridgehead atoms. The van der Waals surface area contributed by atoms with Crippen molar-refractivity contribution in [2.75, 3.05) is 26.2 Å². The molecule has 2 aromatic heterocycles. The Labute approximate surface area is 175 Å². The molecule has 1 fully saturated rings. The number of imidazole rings is 1. The number of thiazole rings is 1. The second-order valence-electron chi connectivity index (χ2n) is 7.53. The van der Waals surface area contributed by atoms with Gasteiger partial charge in [0.15, 0.2) is 0 Å². The Bertz CT molecular complexity index is 965. The lowest BCUT2D eigenvalue weighted by molar-refractivity contribution is 0.0765. The predicted molar refractivity (Wildman–Crippen MR) is 115 cm³/mol. The van der Waals surface area contributed by atoms with Crippen molar-refractivity contribution >= 4 is 17.2 Å². The van der Waals surface area contributed by atoms with E-state index in [0.717, 1.165) is 67.1 Å². The van der Waals surface area contributed by atoms with Gasteiger partial charge < -0.3 is 9.47 Å². The topological polar surface area (TPSA) is 54.3 Å². The molecule has 152 valence electrons. The smallest absolute Gasteiger partial charge is 0.265 e. The van der Waals surface area contributed by atoms with E-state index >= 15 is 0 Å². The molecule has 4 rings (SSSR count). The molecule has 1 aliphatic rings. The van der Waals surface area contributed by atoms with E-state index in [-0.39, 0.29) is 5.91 Å². The van der Waals surface area contributed by atoms with Crippen LogP contribution in [0, 0.1) is 13.8 Å². The highest BCUT2D eigenvalue weighted by Gasteiger charge is 2.24. The molecule has 1 saturated heterocycles. The summed E-state index contributed by atoms with van der Waals surface area (Å²) in [7, 11) is 0. The summed E-state index contributed by atoms with van der Waals surface area (Å²) in [5, 5.41) is 0.951. The Hall–Kier alpha value is -2.51. The summed E-state index contributed by atoms with van der Waals surface area (Å²) in [4.78, 5) is 27.1. The first kappa shape index (κ1) is 19.8. The van der Waals surface area contributed by atoms with Crippen molar-refractivity contribution in [2.45, 2.75) is 33.4 Å². The van der Waals surface area contributed by atoms with E-state index in [4.69, 9.17) is 0 Å². The second-order valence-corrected chi connectivity index (χ2v) is 8.73. The first-order valence-corrected chi connectivity index (χ1v) is 10.9. The van der Waals surface area contributed by atoms with Gasteiger partial charge in [0.1, 0.15) is 10.7 Å². The number of carbonyl (C=O) groups excluding carboxylic acids is 1. The van der Waals surface area contributed by atoms with Crippen molar-refractivity contribution in [1.82, 2.24) is 24.3 Å². The van der Waals surface area contributed by atoms with Gasteiger partial charge in [0.2, 0.25) is 0 Å². The zero-order valence-electron chi connectivity index (χ0n) is 17.0. The fourth-order valence-corrected chi connectivity index (χ4v) is 4.71. The number of aromatic nitrogens is 3. The third kappa shape index (κ3) is 4.74. The molecule has 0 atom stereocenters. The molecule has 1 aliphatic heterocycles. The van der Waals surface area contributed by atoms with Crippen molar-refractivity contribution in [3.63, 3.8) is 0 Å². The summed E-state index contributed by atoms with van der Waals surface area (Å²) in [6, 6.07) is 10.5. The Kier molecular flexibility index (Phi) is 6.06. The quantitative estimate of drug-likeness (QED) is 0.648. The van der Waals surface area contributed by atoms with E-state index in [1.54, 1.807) is 0 Å². The lowest BCUT2D eigenvalue weighted by atomic mass is 10.2. The average molecular weight is 410 g/mol. The standard InChI is InChI=1S/C22H27N5OS/c1-17-21(29-18(2)24-17)22(28)26-11-6-10-25(13-14-26)16-20-23-9-12-27(20)15-19-7-4-3-5-8-19/h3-5,7-9,12H,6,10-11,13-16H2,1-2H3. The molecule has 3 heterocycles. The van der Waals surface area contributed by atoms with E-state index in [0.29, 0.717) is 0 Å². The minimum Gasteiger partial charge on any atom is -0.337 e. The summed E-state index contributed by atoms with van der Waals surface area (Å²) >= 11 is 1.50. The number of benzene rings is 1. The largest absolute Gasteiger partial charge is 0.337 e. The number of carbonyl (C=O) groups is 1. The first-order chi connectivity index (χ1) is 14.1. The number of aryl methyl sites for hydroxylation is 2. The van der Waals surface area contributed by atoms with Crippen molar-refractivity contribution in [3.8, 4) is 0 Å².